The molecule has 31 heavy (non-hydrogen) atoms. The van der Waals surface area contributed by atoms with Crippen LogP contribution in [0.3, 0.4) is 0 Å². The van der Waals surface area contributed by atoms with E-state index in [-0.39, 0.29) is 12.5 Å². The summed E-state index contributed by atoms with van der Waals surface area (Å²) in [5.74, 6) is 1.06. The normalized spacial score (nSPS) is 13.1. The molecule has 1 aliphatic rings. The van der Waals surface area contributed by atoms with Crippen molar-refractivity contribution in [3.8, 4) is 17.1 Å². The Morgan fingerprint density at radius 1 is 1.13 bits per heavy atom. The van der Waals surface area contributed by atoms with Gasteiger partial charge in [-0.25, -0.2) is 0 Å². The number of hydrogen-bond donors (Lipinski definition) is 1. The summed E-state index contributed by atoms with van der Waals surface area (Å²) in [4.78, 5) is 16.7. The van der Waals surface area contributed by atoms with E-state index in [1.807, 2.05) is 47.1 Å². The zero-order chi connectivity index (χ0) is 21.6. The first kappa shape index (κ1) is 21.1. The highest BCUT2D eigenvalue weighted by atomic mass is 16.5. The Labute approximate surface area is 183 Å². The van der Waals surface area contributed by atoms with Crippen molar-refractivity contribution in [1.82, 2.24) is 20.1 Å². The van der Waals surface area contributed by atoms with Gasteiger partial charge in [0.05, 0.1) is 12.2 Å². The number of ether oxygens (including phenoxy) is 1. The van der Waals surface area contributed by atoms with Crippen LogP contribution in [-0.4, -0.2) is 33.8 Å². The minimum atomic E-state index is -0.126. The van der Waals surface area contributed by atoms with Crippen molar-refractivity contribution in [2.45, 2.75) is 52.0 Å². The van der Waals surface area contributed by atoms with Gasteiger partial charge in [-0.05, 0) is 61.4 Å². The average Bonchev–Trinajstić information content (AvgIpc) is 3.17. The van der Waals surface area contributed by atoms with Crippen molar-refractivity contribution < 1.29 is 9.53 Å². The second-order valence-corrected chi connectivity index (χ2v) is 8.28. The number of rotatable bonds is 8. The molecule has 0 saturated heterocycles. The van der Waals surface area contributed by atoms with Gasteiger partial charge >= 0.3 is 0 Å². The number of hydrogen-bond acceptors (Lipinski definition) is 4. The molecule has 6 heteroatoms. The number of amides is 1. The van der Waals surface area contributed by atoms with Crippen LogP contribution in [0.4, 0.5) is 0 Å². The highest BCUT2D eigenvalue weighted by Crippen LogP contribution is 2.30. The van der Waals surface area contributed by atoms with Gasteiger partial charge in [0.1, 0.15) is 11.4 Å². The van der Waals surface area contributed by atoms with Crippen molar-refractivity contribution in [3.05, 3.63) is 65.5 Å². The van der Waals surface area contributed by atoms with Crippen molar-refractivity contribution in [2.75, 3.05) is 13.2 Å². The van der Waals surface area contributed by atoms with Crippen LogP contribution >= 0.6 is 0 Å². The maximum atomic E-state index is 12.2. The van der Waals surface area contributed by atoms with Gasteiger partial charge in [-0.1, -0.05) is 32.0 Å². The van der Waals surface area contributed by atoms with E-state index < -0.39 is 0 Å². The average molecular weight is 419 g/mol. The van der Waals surface area contributed by atoms with Gasteiger partial charge in [-0.15, -0.1) is 0 Å². The summed E-state index contributed by atoms with van der Waals surface area (Å²) in [5, 5.41) is 7.79. The lowest BCUT2D eigenvalue weighted by molar-refractivity contribution is -0.123. The molecule has 1 amide bonds. The molecule has 0 spiro atoms. The van der Waals surface area contributed by atoms with Crippen LogP contribution < -0.4 is 10.1 Å². The fourth-order valence-electron chi connectivity index (χ4n) is 4.01. The summed E-state index contributed by atoms with van der Waals surface area (Å²) < 4.78 is 7.66. The van der Waals surface area contributed by atoms with E-state index in [2.05, 4.69) is 24.1 Å². The van der Waals surface area contributed by atoms with Crippen LogP contribution in [0, 0.1) is 0 Å². The van der Waals surface area contributed by atoms with Crippen LogP contribution in [0.25, 0.3) is 11.4 Å². The molecule has 6 nitrogen and oxygen atoms in total. The van der Waals surface area contributed by atoms with Gasteiger partial charge in [-0.3, -0.25) is 14.5 Å². The van der Waals surface area contributed by atoms with Gasteiger partial charge in [0.2, 0.25) is 0 Å². The number of aromatic nitrogens is 3. The lowest BCUT2D eigenvalue weighted by Gasteiger charge is -2.14. The van der Waals surface area contributed by atoms with Gasteiger partial charge < -0.3 is 10.1 Å². The number of fused-ring (bicyclic) bond motifs is 1. The summed E-state index contributed by atoms with van der Waals surface area (Å²) >= 11 is 0. The number of carbonyl (C=O) groups is 1. The molecule has 0 unspecified atom stereocenters. The van der Waals surface area contributed by atoms with Crippen LogP contribution in [-0.2, 0) is 24.2 Å². The third kappa shape index (κ3) is 5.13. The SMILES string of the molecule is CC(C)c1ccc(OCC(=O)NCCn2nc(-c3ccccn3)c3c2CCCC3)cc1. The first-order valence-electron chi connectivity index (χ1n) is 11.1. The fourth-order valence-corrected chi connectivity index (χ4v) is 4.01. The standard InChI is InChI=1S/C25H30N4O2/c1-18(2)19-10-12-20(13-11-19)31-17-24(30)27-15-16-29-23-9-4-3-7-21(23)25(28-29)22-8-5-6-14-26-22/h5-6,8,10-14,18H,3-4,7,9,15-17H2,1-2H3,(H,27,30). The molecule has 2 heterocycles. The van der Waals surface area contributed by atoms with E-state index in [0.717, 1.165) is 24.2 Å². The van der Waals surface area contributed by atoms with Gasteiger partial charge in [0, 0.05) is 24.0 Å². The van der Waals surface area contributed by atoms with Crippen molar-refractivity contribution in [2.24, 2.45) is 0 Å². The van der Waals surface area contributed by atoms with Crippen LogP contribution in [0.15, 0.2) is 48.7 Å². The molecule has 0 fully saturated rings. The third-order valence-electron chi connectivity index (χ3n) is 5.73. The molecule has 1 N–H and O–H groups in total. The van der Waals surface area contributed by atoms with E-state index in [1.165, 1.54) is 29.7 Å². The molecule has 1 aromatic carbocycles. The Bertz CT molecular complexity index is 1010. The molecule has 2 aromatic heterocycles. The number of carbonyl (C=O) groups excluding carboxylic acids is 1. The monoisotopic (exact) mass is 418 g/mol. The topological polar surface area (TPSA) is 69.0 Å². The van der Waals surface area contributed by atoms with E-state index in [9.17, 15) is 4.79 Å². The molecule has 162 valence electrons. The zero-order valence-corrected chi connectivity index (χ0v) is 18.3. The largest absolute Gasteiger partial charge is 0.484 e. The number of nitrogens with one attached hydrogen (secondary N) is 1. The van der Waals surface area contributed by atoms with Crippen LogP contribution in [0.2, 0.25) is 0 Å². The summed E-state index contributed by atoms with van der Waals surface area (Å²) in [6, 6.07) is 13.8. The Hall–Kier alpha value is -3.15. The number of nitrogens with zero attached hydrogens (tertiary/aromatic N) is 3. The number of pyridine rings is 1. The minimum absolute atomic E-state index is 0.0113. The molecule has 0 bridgehead atoms. The molecular formula is C25H30N4O2. The van der Waals surface area contributed by atoms with Gasteiger partial charge in [0.15, 0.2) is 6.61 Å². The maximum Gasteiger partial charge on any atom is 0.258 e. The van der Waals surface area contributed by atoms with Crippen molar-refractivity contribution in [1.29, 1.82) is 0 Å². The number of benzene rings is 1. The first-order valence-corrected chi connectivity index (χ1v) is 11.1. The quantitative estimate of drug-likeness (QED) is 0.597. The Balaban J connectivity index is 1.32. The van der Waals surface area contributed by atoms with Crippen LogP contribution in [0.5, 0.6) is 5.75 Å². The van der Waals surface area contributed by atoms with E-state index in [4.69, 9.17) is 9.84 Å². The van der Waals surface area contributed by atoms with Crippen molar-refractivity contribution >= 4 is 5.91 Å². The third-order valence-corrected chi connectivity index (χ3v) is 5.73. The first-order chi connectivity index (χ1) is 15.1. The lowest BCUT2D eigenvalue weighted by Crippen LogP contribution is -2.32. The molecule has 0 radical (unpaired) electrons. The predicted molar refractivity (Wildman–Crippen MR) is 121 cm³/mol. The minimum Gasteiger partial charge on any atom is -0.484 e. The summed E-state index contributed by atoms with van der Waals surface area (Å²) in [7, 11) is 0. The van der Waals surface area contributed by atoms with Crippen molar-refractivity contribution in [3.63, 3.8) is 0 Å². The second-order valence-electron chi connectivity index (χ2n) is 8.28. The lowest BCUT2D eigenvalue weighted by atomic mass is 9.95. The zero-order valence-electron chi connectivity index (χ0n) is 18.3. The summed E-state index contributed by atoms with van der Waals surface area (Å²) in [6.45, 7) is 5.48. The van der Waals surface area contributed by atoms with Gasteiger partial charge in [-0.2, -0.15) is 5.10 Å². The summed E-state index contributed by atoms with van der Waals surface area (Å²) in [5.41, 5.74) is 5.74. The summed E-state index contributed by atoms with van der Waals surface area (Å²) in [6.07, 6.45) is 6.23. The Morgan fingerprint density at radius 2 is 1.94 bits per heavy atom. The maximum absolute atomic E-state index is 12.2. The smallest absolute Gasteiger partial charge is 0.258 e. The van der Waals surface area contributed by atoms with Crippen LogP contribution in [0.1, 0.15) is 49.4 Å². The second kappa shape index (κ2) is 9.77. The van der Waals surface area contributed by atoms with E-state index in [1.54, 1.807) is 6.20 Å². The molecular weight excluding hydrogens is 388 g/mol. The van der Waals surface area contributed by atoms with E-state index in [0.29, 0.717) is 24.8 Å². The predicted octanol–water partition coefficient (Wildman–Crippen LogP) is 4.14. The van der Waals surface area contributed by atoms with Gasteiger partial charge in [0.25, 0.3) is 5.91 Å². The highest BCUT2D eigenvalue weighted by Gasteiger charge is 2.22. The highest BCUT2D eigenvalue weighted by molar-refractivity contribution is 5.77. The molecule has 0 atom stereocenters. The molecule has 0 aliphatic heterocycles. The van der Waals surface area contributed by atoms with E-state index >= 15 is 0 Å². The molecule has 0 saturated carbocycles. The molecule has 4 rings (SSSR count). The Morgan fingerprint density at radius 3 is 2.68 bits per heavy atom. The fraction of sp³-hybridized carbons (Fsp3) is 0.400. The Kier molecular flexibility index (Phi) is 6.65. The molecule has 3 aromatic rings. The molecule has 1 aliphatic carbocycles.